The number of nitrogens with one attached hydrogen (secondary N) is 4. The molecule has 0 aliphatic carbocycles. The Hall–Kier alpha value is -5.27. The minimum Gasteiger partial charge on any atom is -0.494 e. The maximum absolute atomic E-state index is 14.7. The van der Waals surface area contributed by atoms with Crippen LogP contribution >= 0.6 is 0 Å². The Labute approximate surface area is 239 Å². The van der Waals surface area contributed by atoms with Gasteiger partial charge in [-0.2, -0.15) is 0 Å². The summed E-state index contributed by atoms with van der Waals surface area (Å²) < 4.78 is 25.6. The predicted octanol–water partition coefficient (Wildman–Crippen LogP) is 4.21. The van der Waals surface area contributed by atoms with Crippen molar-refractivity contribution in [2.45, 2.75) is 32.2 Å². The quantitative estimate of drug-likeness (QED) is 0.274. The summed E-state index contributed by atoms with van der Waals surface area (Å²) in [7, 11) is 2.62. The van der Waals surface area contributed by atoms with Gasteiger partial charge in [0.1, 0.15) is 11.5 Å². The van der Waals surface area contributed by atoms with Gasteiger partial charge in [-0.15, -0.1) is 5.10 Å². The summed E-state index contributed by atoms with van der Waals surface area (Å²) in [4.78, 5) is 45.7. The minimum absolute atomic E-state index is 0.0150. The topological polar surface area (TPSA) is 165 Å². The van der Waals surface area contributed by atoms with E-state index in [1.165, 1.54) is 37.2 Å². The third kappa shape index (κ3) is 5.92. The SMILES string of the molecule is COC(=O)Nc1ccc2c(c1)NC(=O)[C@H](C)CCC[C@H](NC(=O)c1cn(-c3cccc(OC)c3F)nn1)c1ncc-2[nH]1. The normalized spacial score (nSPS) is 16.7. The lowest BCUT2D eigenvalue weighted by atomic mass is 9.99. The fraction of sp³-hybridized carbons (Fsp3) is 0.286. The molecule has 2 aromatic carbocycles. The van der Waals surface area contributed by atoms with E-state index in [2.05, 4.69) is 41.0 Å². The van der Waals surface area contributed by atoms with Crippen LogP contribution < -0.4 is 20.7 Å². The fourth-order valence-electron chi connectivity index (χ4n) is 4.62. The van der Waals surface area contributed by atoms with Gasteiger partial charge in [-0.25, -0.2) is 18.9 Å². The first-order valence-electron chi connectivity index (χ1n) is 13.2. The van der Waals surface area contributed by atoms with E-state index < -0.39 is 23.9 Å². The van der Waals surface area contributed by atoms with Gasteiger partial charge in [0.2, 0.25) is 5.91 Å². The van der Waals surface area contributed by atoms with Gasteiger partial charge in [-0.05, 0) is 43.2 Å². The maximum Gasteiger partial charge on any atom is 0.411 e. The van der Waals surface area contributed by atoms with Crippen LogP contribution in [-0.2, 0) is 9.53 Å². The monoisotopic (exact) mass is 576 g/mol. The van der Waals surface area contributed by atoms with E-state index in [0.29, 0.717) is 47.7 Å². The molecule has 2 atom stereocenters. The van der Waals surface area contributed by atoms with Gasteiger partial charge in [0.15, 0.2) is 17.3 Å². The van der Waals surface area contributed by atoms with Crippen molar-refractivity contribution in [1.82, 2.24) is 30.3 Å². The first-order valence-corrected chi connectivity index (χ1v) is 13.2. The Balaban J connectivity index is 1.42. The molecule has 1 aliphatic rings. The number of hydrogen-bond acceptors (Lipinski definition) is 8. The molecule has 218 valence electrons. The number of ether oxygens (including phenoxy) is 2. The van der Waals surface area contributed by atoms with Crippen molar-refractivity contribution in [3.05, 3.63) is 66.1 Å². The molecule has 0 saturated carbocycles. The maximum atomic E-state index is 14.7. The summed E-state index contributed by atoms with van der Waals surface area (Å²) in [5.41, 5.74) is 2.21. The number of fused-ring (bicyclic) bond motifs is 4. The van der Waals surface area contributed by atoms with E-state index in [4.69, 9.17) is 4.74 Å². The summed E-state index contributed by atoms with van der Waals surface area (Å²) in [5, 5.41) is 16.3. The molecule has 42 heavy (non-hydrogen) atoms. The molecule has 4 N–H and O–H groups in total. The standard InChI is InChI=1S/C28H29FN8O5/c1-15-6-4-7-18(33-27(39)21-14-37(36-35-21)22-8-5-9-23(41-2)24(22)29)25-30-13-20(32-25)17-11-10-16(31-28(40)42-3)12-19(17)34-26(15)38/h5,8-15,18H,4,6-7H2,1-3H3,(H,30,32)(H,31,40)(H,33,39)(H,34,38)/t15-,18+/m1/s1. The Bertz CT molecular complexity index is 1630. The van der Waals surface area contributed by atoms with Gasteiger partial charge in [-0.1, -0.05) is 24.6 Å². The van der Waals surface area contributed by atoms with Crippen molar-refractivity contribution in [2.24, 2.45) is 5.92 Å². The Kier molecular flexibility index (Phi) is 8.13. The summed E-state index contributed by atoms with van der Waals surface area (Å²) in [6, 6.07) is 9.08. The highest BCUT2D eigenvalue weighted by molar-refractivity contribution is 5.98. The van der Waals surface area contributed by atoms with Crippen LogP contribution in [0.2, 0.25) is 0 Å². The average Bonchev–Trinajstić information content (AvgIpc) is 3.67. The highest BCUT2D eigenvalue weighted by Crippen LogP contribution is 2.33. The van der Waals surface area contributed by atoms with Gasteiger partial charge in [-0.3, -0.25) is 14.9 Å². The van der Waals surface area contributed by atoms with Crippen molar-refractivity contribution in [3.63, 3.8) is 0 Å². The minimum atomic E-state index is -0.640. The zero-order chi connectivity index (χ0) is 29.8. The van der Waals surface area contributed by atoms with Crippen LogP contribution in [0.3, 0.4) is 0 Å². The van der Waals surface area contributed by atoms with Gasteiger partial charge >= 0.3 is 6.09 Å². The lowest BCUT2D eigenvalue weighted by molar-refractivity contribution is -0.119. The zero-order valence-electron chi connectivity index (χ0n) is 23.1. The molecule has 0 spiro atoms. The lowest BCUT2D eigenvalue weighted by Crippen LogP contribution is -2.30. The van der Waals surface area contributed by atoms with E-state index in [1.54, 1.807) is 30.5 Å². The third-order valence-electron chi connectivity index (χ3n) is 6.94. The van der Waals surface area contributed by atoms with E-state index in [1.807, 2.05) is 6.92 Å². The summed E-state index contributed by atoms with van der Waals surface area (Å²) in [5.74, 6) is -1.13. The smallest absolute Gasteiger partial charge is 0.411 e. The second kappa shape index (κ2) is 12.1. The molecule has 3 amide bonds. The van der Waals surface area contributed by atoms with Crippen molar-refractivity contribution >= 4 is 29.3 Å². The predicted molar refractivity (Wildman–Crippen MR) is 150 cm³/mol. The van der Waals surface area contributed by atoms with Crippen LogP contribution in [0.1, 0.15) is 48.5 Å². The molecular formula is C28H29FN8O5. The number of imidazole rings is 1. The number of H-pyrrole nitrogens is 1. The lowest BCUT2D eigenvalue weighted by Gasteiger charge is -2.20. The number of amides is 3. The molecule has 2 aromatic heterocycles. The van der Waals surface area contributed by atoms with E-state index in [9.17, 15) is 18.8 Å². The molecule has 0 fully saturated rings. The number of carbonyl (C=O) groups excluding carboxylic acids is 3. The van der Waals surface area contributed by atoms with Crippen LogP contribution in [0.15, 0.2) is 48.8 Å². The Morgan fingerprint density at radius 3 is 2.79 bits per heavy atom. The van der Waals surface area contributed by atoms with E-state index >= 15 is 0 Å². The molecule has 0 unspecified atom stereocenters. The van der Waals surface area contributed by atoms with Gasteiger partial charge in [0.05, 0.1) is 44.0 Å². The number of benzene rings is 2. The number of nitrogens with zero attached hydrogens (tertiary/aromatic N) is 4. The van der Waals surface area contributed by atoms with Gasteiger partial charge in [0, 0.05) is 17.2 Å². The molecule has 3 heterocycles. The van der Waals surface area contributed by atoms with Crippen LogP contribution in [0.25, 0.3) is 16.9 Å². The van der Waals surface area contributed by atoms with Crippen molar-refractivity contribution < 1.29 is 28.2 Å². The molecule has 0 radical (unpaired) electrons. The number of rotatable bonds is 5. The molecule has 1 aliphatic heterocycles. The molecular weight excluding hydrogens is 547 g/mol. The van der Waals surface area contributed by atoms with E-state index in [-0.39, 0.29) is 29.0 Å². The van der Waals surface area contributed by atoms with Crippen LogP contribution in [0.4, 0.5) is 20.6 Å². The zero-order valence-corrected chi connectivity index (χ0v) is 23.1. The number of halogens is 1. The highest BCUT2D eigenvalue weighted by atomic mass is 19.1. The van der Waals surface area contributed by atoms with Crippen molar-refractivity contribution in [3.8, 4) is 22.7 Å². The Morgan fingerprint density at radius 2 is 2.00 bits per heavy atom. The number of methoxy groups -OCH3 is 2. The molecule has 5 rings (SSSR count). The largest absolute Gasteiger partial charge is 0.494 e. The first-order chi connectivity index (χ1) is 20.3. The molecule has 4 aromatic rings. The summed E-state index contributed by atoms with van der Waals surface area (Å²) in [6.45, 7) is 1.82. The second-order valence-electron chi connectivity index (χ2n) is 9.75. The van der Waals surface area contributed by atoms with Crippen LogP contribution in [0.5, 0.6) is 5.75 Å². The fourth-order valence-corrected chi connectivity index (χ4v) is 4.62. The summed E-state index contributed by atoms with van der Waals surface area (Å²) >= 11 is 0. The molecule has 0 saturated heterocycles. The number of aromatic amines is 1. The second-order valence-corrected chi connectivity index (χ2v) is 9.75. The van der Waals surface area contributed by atoms with Gasteiger partial charge in [0.25, 0.3) is 5.91 Å². The first kappa shape index (κ1) is 28.3. The molecule has 2 bridgehead atoms. The number of carbonyl (C=O) groups is 3. The number of aromatic nitrogens is 5. The van der Waals surface area contributed by atoms with E-state index in [0.717, 1.165) is 0 Å². The summed E-state index contributed by atoms with van der Waals surface area (Å²) in [6.07, 6.45) is 3.94. The van der Waals surface area contributed by atoms with Crippen molar-refractivity contribution in [2.75, 3.05) is 24.9 Å². The third-order valence-corrected chi connectivity index (χ3v) is 6.94. The highest BCUT2D eigenvalue weighted by Gasteiger charge is 2.25. The van der Waals surface area contributed by atoms with Crippen LogP contribution in [0, 0.1) is 11.7 Å². The molecule has 14 heteroatoms. The number of anilines is 2. The van der Waals surface area contributed by atoms with Crippen LogP contribution in [-0.4, -0.2) is 57.1 Å². The number of hydrogen-bond donors (Lipinski definition) is 4. The molecule has 13 nitrogen and oxygen atoms in total. The van der Waals surface area contributed by atoms with Gasteiger partial charge < -0.3 is 25.1 Å². The average molecular weight is 577 g/mol. The van der Waals surface area contributed by atoms with Crippen molar-refractivity contribution in [1.29, 1.82) is 0 Å². The Morgan fingerprint density at radius 1 is 1.17 bits per heavy atom.